The van der Waals surface area contributed by atoms with E-state index in [0.717, 1.165) is 72.0 Å². The number of hydrogen-bond donors (Lipinski definition) is 5. The minimum atomic E-state index is 0.504. The van der Waals surface area contributed by atoms with Gasteiger partial charge in [0, 0.05) is 71.0 Å². The fraction of sp³-hybridized carbons (Fsp3) is 1.00. The van der Waals surface area contributed by atoms with E-state index in [-0.39, 0.29) is 0 Å². The van der Waals surface area contributed by atoms with Gasteiger partial charge in [0.05, 0.1) is 0 Å². The molecular weight excluding hydrogens is 276 g/mol. The Labute approximate surface area is 137 Å². The lowest BCUT2D eigenvalue weighted by molar-refractivity contribution is 0.257. The second-order valence-corrected chi connectivity index (χ2v) is 6.15. The van der Waals surface area contributed by atoms with Crippen molar-refractivity contribution in [3.05, 3.63) is 0 Å². The normalized spacial score (nSPS) is 27.3. The van der Waals surface area contributed by atoms with Crippen LogP contribution < -0.4 is 26.6 Å². The molecule has 5 N–H and O–H groups in total. The van der Waals surface area contributed by atoms with E-state index in [9.17, 15) is 0 Å². The molecule has 1 rings (SSSR count). The van der Waals surface area contributed by atoms with E-state index < -0.39 is 0 Å². The second-order valence-electron chi connectivity index (χ2n) is 6.15. The zero-order chi connectivity index (χ0) is 16.0. The number of likely N-dealkylation sites (N-methyl/N-ethyl adjacent to an activating group) is 1. The van der Waals surface area contributed by atoms with Crippen molar-refractivity contribution in [2.24, 2.45) is 0 Å². The third kappa shape index (κ3) is 9.71. The molecule has 1 heterocycles. The van der Waals surface area contributed by atoms with Gasteiger partial charge in [0.25, 0.3) is 0 Å². The van der Waals surface area contributed by atoms with Gasteiger partial charge in [-0.3, -0.25) is 0 Å². The summed E-state index contributed by atoms with van der Waals surface area (Å²) < 4.78 is 0. The fourth-order valence-electron chi connectivity index (χ4n) is 2.70. The van der Waals surface area contributed by atoms with E-state index in [2.05, 4.69) is 52.3 Å². The Kier molecular flexibility index (Phi) is 11.9. The monoisotopic (exact) mass is 314 g/mol. The molecule has 0 aliphatic carbocycles. The van der Waals surface area contributed by atoms with Gasteiger partial charge < -0.3 is 31.5 Å². The average molecular weight is 315 g/mol. The summed E-state index contributed by atoms with van der Waals surface area (Å²) in [6, 6.07) is 1.01. The van der Waals surface area contributed by atoms with Crippen LogP contribution in [0.2, 0.25) is 0 Å². The molecule has 22 heavy (non-hydrogen) atoms. The largest absolute Gasteiger partial charge is 0.314 e. The number of hydrogen-bond acceptors (Lipinski definition) is 6. The van der Waals surface area contributed by atoms with Gasteiger partial charge in [-0.15, -0.1) is 0 Å². The molecule has 0 radical (unpaired) electrons. The van der Waals surface area contributed by atoms with Crippen LogP contribution in [-0.2, 0) is 0 Å². The zero-order valence-electron chi connectivity index (χ0n) is 14.9. The van der Waals surface area contributed by atoms with E-state index in [1.54, 1.807) is 0 Å². The number of nitrogens with zero attached hydrogens (tertiary/aromatic N) is 1. The Hall–Kier alpha value is -0.240. The smallest absolute Gasteiger partial charge is 0.0320 e. The molecule has 0 amide bonds. The summed E-state index contributed by atoms with van der Waals surface area (Å²) >= 11 is 0. The van der Waals surface area contributed by atoms with Crippen LogP contribution in [-0.4, -0.2) is 89.0 Å². The maximum Gasteiger partial charge on any atom is 0.0320 e. The van der Waals surface area contributed by atoms with Gasteiger partial charge in [-0.2, -0.15) is 0 Å². The summed E-state index contributed by atoms with van der Waals surface area (Å²) in [5, 5.41) is 17.8. The molecular formula is C16H38N6. The van der Waals surface area contributed by atoms with Gasteiger partial charge in [-0.25, -0.2) is 0 Å². The topological polar surface area (TPSA) is 63.4 Å². The molecule has 0 bridgehead atoms. The summed E-state index contributed by atoms with van der Waals surface area (Å²) in [7, 11) is 0. The maximum absolute atomic E-state index is 3.70. The third-order valence-electron chi connectivity index (χ3n) is 4.23. The lowest BCUT2D eigenvalue weighted by atomic mass is 10.2. The number of nitrogens with one attached hydrogen (secondary N) is 5. The lowest BCUT2D eigenvalue weighted by Crippen LogP contribution is -2.51. The van der Waals surface area contributed by atoms with Crippen molar-refractivity contribution in [1.82, 2.24) is 31.5 Å². The van der Waals surface area contributed by atoms with Crippen LogP contribution >= 0.6 is 0 Å². The Bertz CT molecular complexity index is 247. The van der Waals surface area contributed by atoms with Crippen LogP contribution in [0.25, 0.3) is 0 Å². The molecule has 0 saturated carbocycles. The maximum atomic E-state index is 3.70. The zero-order valence-corrected chi connectivity index (χ0v) is 14.9. The fourth-order valence-corrected chi connectivity index (χ4v) is 2.70. The van der Waals surface area contributed by atoms with Gasteiger partial charge in [0.1, 0.15) is 0 Å². The predicted octanol–water partition coefficient (Wildman–Crippen LogP) is -0.953. The molecule has 0 aromatic rings. The summed E-state index contributed by atoms with van der Waals surface area (Å²) in [4.78, 5) is 2.49. The summed E-state index contributed by atoms with van der Waals surface area (Å²) in [6.45, 7) is 18.4. The molecule has 132 valence electrons. The second kappa shape index (κ2) is 13.2. The van der Waals surface area contributed by atoms with E-state index in [1.165, 1.54) is 0 Å². The minimum absolute atomic E-state index is 0.504. The van der Waals surface area contributed by atoms with Crippen LogP contribution in [0, 0.1) is 0 Å². The quantitative estimate of drug-likeness (QED) is 0.461. The molecule has 1 saturated heterocycles. The van der Waals surface area contributed by atoms with E-state index in [1.807, 2.05) is 0 Å². The van der Waals surface area contributed by atoms with Gasteiger partial charge in [-0.1, -0.05) is 13.8 Å². The molecule has 0 aromatic carbocycles. The van der Waals surface area contributed by atoms with E-state index in [0.29, 0.717) is 12.1 Å². The predicted molar refractivity (Wildman–Crippen MR) is 95.7 cm³/mol. The van der Waals surface area contributed by atoms with Crippen molar-refractivity contribution in [2.75, 3.05) is 72.0 Å². The molecule has 2 atom stereocenters. The van der Waals surface area contributed by atoms with Crippen LogP contribution in [0.5, 0.6) is 0 Å². The van der Waals surface area contributed by atoms with Crippen LogP contribution in [0.15, 0.2) is 0 Å². The van der Waals surface area contributed by atoms with Crippen molar-refractivity contribution in [2.45, 2.75) is 32.9 Å². The highest BCUT2D eigenvalue weighted by Crippen LogP contribution is 1.93. The van der Waals surface area contributed by atoms with Gasteiger partial charge in [0.15, 0.2) is 0 Å². The van der Waals surface area contributed by atoms with Crippen LogP contribution in [0.1, 0.15) is 20.8 Å². The first-order valence-corrected chi connectivity index (χ1v) is 9.07. The Balaban J connectivity index is 2.42. The van der Waals surface area contributed by atoms with Crippen molar-refractivity contribution < 1.29 is 0 Å². The minimum Gasteiger partial charge on any atom is -0.314 e. The first-order chi connectivity index (χ1) is 10.8. The highest BCUT2D eigenvalue weighted by molar-refractivity contribution is 4.77. The van der Waals surface area contributed by atoms with E-state index >= 15 is 0 Å². The highest BCUT2D eigenvalue weighted by Gasteiger charge is 2.13. The summed E-state index contributed by atoms with van der Waals surface area (Å²) in [5.74, 6) is 0. The van der Waals surface area contributed by atoms with Crippen molar-refractivity contribution in [3.63, 3.8) is 0 Å². The summed E-state index contributed by atoms with van der Waals surface area (Å²) in [5.41, 5.74) is 0. The molecule has 1 fully saturated rings. The average Bonchev–Trinajstić information content (AvgIpc) is 2.54. The summed E-state index contributed by atoms with van der Waals surface area (Å²) in [6.07, 6.45) is 0. The first-order valence-electron chi connectivity index (χ1n) is 9.07. The molecule has 6 nitrogen and oxygen atoms in total. The van der Waals surface area contributed by atoms with Gasteiger partial charge in [0.2, 0.25) is 0 Å². The van der Waals surface area contributed by atoms with Crippen molar-refractivity contribution in [1.29, 1.82) is 0 Å². The SMILES string of the molecule is CCN(CC)CC1CN[C@H](C)CNCCNCCNCCN1. The Morgan fingerprint density at radius 2 is 1.36 bits per heavy atom. The van der Waals surface area contributed by atoms with Gasteiger partial charge >= 0.3 is 0 Å². The third-order valence-corrected chi connectivity index (χ3v) is 4.23. The van der Waals surface area contributed by atoms with Crippen molar-refractivity contribution in [3.8, 4) is 0 Å². The molecule has 1 unspecified atom stereocenters. The van der Waals surface area contributed by atoms with Gasteiger partial charge in [-0.05, 0) is 20.0 Å². The van der Waals surface area contributed by atoms with Crippen LogP contribution in [0.4, 0.5) is 0 Å². The standard InChI is InChI=1S/C16H38N6/c1-4-22(5-2)14-16-13-21-15(3)12-19-9-8-17-6-7-18-10-11-20-16/h15-21H,4-14H2,1-3H3/t15-,16?/m1/s1. The van der Waals surface area contributed by atoms with E-state index in [4.69, 9.17) is 0 Å². The Morgan fingerprint density at radius 1 is 0.773 bits per heavy atom. The first kappa shape index (κ1) is 19.8. The lowest BCUT2D eigenvalue weighted by Gasteiger charge is -2.28. The Morgan fingerprint density at radius 3 is 2.00 bits per heavy atom. The van der Waals surface area contributed by atoms with Crippen LogP contribution in [0.3, 0.4) is 0 Å². The molecule has 6 heteroatoms. The molecule has 0 spiro atoms. The van der Waals surface area contributed by atoms with Crippen molar-refractivity contribution >= 4 is 0 Å². The molecule has 1 aliphatic heterocycles. The highest BCUT2D eigenvalue weighted by atomic mass is 15.2. The molecule has 1 aliphatic rings. The number of rotatable bonds is 4. The molecule has 0 aromatic heterocycles.